The Labute approximate surface area is 125 Å². The zero-order chi connectivity index (χ0) is 14.7. The van der Waals surface area contributed by atoms with E-state index in [4.69, 9.17) is 5.73 Å². The normalized spacial score (nSPS) is 16.2. The molecule has 2 aromatic rings. The molecular weight excluding hydrogens is 262 g/mol. The first-order chi connectivity index (χ1) is 10.2. The maximum absolute atomic E-state index is 5.99. The highest BCUT2D eigenvalue weighted by Crippen LogP contribution is 2.27. The molecule has 0 radical (unpaired) electrons. The fraction of sp³-hybridized carbons (Fsp3) is 0.562. The van der Waals surface area contributed by atoms with Crippen LogP contribution in [0.3, 0.4) is 0 Å². The molecule has 5 heteroatoms. The average Bonchev–Trinajstić information content (AvgIpc) is 2.97. The van der Waals surface area contributed by atoms with Gasteiger partial charge in [0.25, 0.3) is 0 Å². The number of nitrogens with two attached hydrogens (primary N) is 1. The minimum atomic E-state index is 0.786. The van der Waals surface area contributed by atoms with Gasteiger partial charge >= 0.3 is 0 Å². The number of aromatic nitrogens is 4. The van der Waals surface area contributed by atoms with E-state index >= 15 is 0 Å². The first-order valence-corrected chi connectivity index (χ1v) is 7.86. The molecule has 1 fully saturated rings. The van der Waals surface area contributed by atoms with Gasteiger partial charge in [0.05, 0.1) is 0 Å². The van der Waals surface area contributed by atoms with Crippen molar-refractivity contribution in [2.75, 3.05) is 5.73 Å². The number of hydrogen-bond acceptors (Lipinski definition) is 4. The Balaban J connectivity index is 1.72. The Morgan fingerprint density at radius 3 is 2.81 bits per heavy atom. The summed E-state index contributed by atoms with van der Waals surface area (Å²) in [7, 11) is 0. The molecule has 0 bridgehead atoms. The van der Waals surface area contributed by atoms with E-state index in [1.807, 2.05) is 29.8 Å². The SMILES string of the molecule is Cc1ccc(-c2nnnn2CCC2CCCCC2)cc1N. The quantitative estimate of drug-likeness (QED) is 0.876. The highest BCUT2D eigenvalue weighted by Gasteiger charge is 2.15. The third-order valence-electron chi connectivity index (χ3n) is 4.54. The minimum Gasteiger partial charge on any atom is -0.398 e. The van der Waals surface area contributed by atoms with Gasteiger partial charge in [-0.1, -0.05) is 44.2 Å². The second kappa shape index (κ2) is 6.24. The smallest absolute Gasteiger partial charge is 0.182 e. The fourth-order valence-electron chi connectivity index (χ4n) is 3.12. The lowest BCUT2D eigenvalue weighted by molar-refractivity contribution is 0.318. The molecule has 0 atom stereocenters. The number of nitrogen functional groups attached to an aromatic ring is 1. The molecule has 2 N–H and O–H groups in total. The van der Waals surface area contributed by atoms with Crippen molar-refractivity contribution >= 4 is 5.69 Å². The predicted octanol–water partition coefficient (Wildman–Crippen LogP) is 3.20. The molecule has 3 rings (SSSR count). The molecule has 0 aliphatic heterocycles. The van der Waals surface area contributed by atoms with Gasteiger partial charge in [0.15, 0.2) is 5.82 Å². The third-order valence-corrected chi connectivity index (χ3v) is 4.54. The lowest BCUT2D eigenvalue weighted by Gasteiger charge is -2.21. The van der Waals surface area contributed by atoms with E-state index in [0.717, 1.165) is 35.1 Å². The maximum atomic E-state index is 5.99. The summed E-state index contributed by atoms with van der Waals surface area (Å²) in [6, 6.07) is 6.01. The number of nitrogens with zero attached hydrogens (tertiary/aromatic N) is 4. The number of hydrogen-bond donors (Lipinski definition) is 1. The van der Waals surface area contributed by atoms with Gasteiger partial charge in [0.1, 0.15) is 0 Å². The molecule has 0 unspecified atom stereocenters. The zero-order valence-corrected chi connectivity index (χ0v) is 12.6. The summed E-state index contributed by atoms with van der Waals surface area (Å²) in [6.07, 6.45) is 8.03. The van der Waals surface area contributed by atoms with Crippen molar-refractivity contribution in [1.82, 2.24) is 20.2 Å². The second-order valence-electron chi connectivity index (χ2n) is 6.09. The van der Waals surface area contributed by atoms with E-state index in [0.29, 0.717) is 0 Å². The van der Waals surface area contributed by atoms with Crippen LogP contribution in [-0.4, -0.2) is 20.2 Å². The summed E-state index contributed by atoms with van der Waals surface area (Å²) in [5, 5.41) is 12.1. The highest BCUT2D eigenvalue weighted by molar-refractivity contribution is 5.63. The van der Waals surface area contributed by atoms with E-state index < -0.39 is 0 Å². The molecule has 5 nitrogen and oxygen atoms in total. The molecule has 1 aromatic carbocycles. The van der Waals surface area contributed by atoms with Crippen LogP contribution in [0.4, 0.5) is 5.69 Å². The van der Waals surface area contributed by atoms with Gasteiger partial charge in [-0.05, 0) is 41.3 Å². The average molecular weight is 285 g/mol. The van der Waals surface area contributed by atoms with Crippen molar-refractivity contribution < 1.29 is 0 Å². The Hall–Kier alpha value is -1.91. The van der Waals surface area contributed by atoms with Gasteiger partial charge in [0.2, 0.25) is 0 Å². The van der Waals surface area contributed by atoms with Crippen LogP contribution in [0, 0.1) is 12.8 Å². The van der Waals surface area contributed by atoms with E-state index in [1.54, 1.807) is 0 Å². The van der Waals surface area contributed by atoms with Gasteiger partial charge < -0.3 is 5.73 Å². The van der Waals surface area contributed by atoms with Gasteiger partial charge in [-0.3, -0.25) is 0 Å². The van der Waals surface area contributed by atoms with Crippen LogP contribution < -0.4 is 5.73 Å². The lowest BCUT2D eigenvalue weighted by Crippen LogP contribution is -2.11. The largest absolute Gasteiger partial charge is 0.398 e. The standard InChI is InChI=1S/C16H23N5/c1-12-7-8-14(11-15(12)17)16-18-19-20-21(16)10-9-13-5-3-2-4-6-13/h7-8,11,13H,2-6,9-10,17H2,1H3. The molecule has 112 valence electrons. The maximum Gasteiger partial charge on any atom is 0.182 e. The van der Waals surface area contributed by atoms with Crippen molar-refractivity contribution in [3.05, 3.63) is 23.8 Å². The highest BCUT2D eigenvalue weighted by atomic mass is 15.5. The summed E-state index contributed by atoms with van der Waals surface area (Å²) in [5.74, 6) is 1.65. The number of anilines is 1. The van der Waals surface area contributed by atoms with Crippen molar-refractivity contribution in [3.8, 4) is 11.4 Å². The lowest BCUT2D eigenvalue weighted by atomic mass is 9.87. The monoisotopic (exact) mass is 285 g/mol. The van der Waals surface area contributed by atoms with Gasteiger partial charge in [0, 0.05) is 17.8 Å². The van der Waals surface area contributed by atoms with Crippen molar-refractivity contribution in [2.45, 2.75) is 52.0 Å². The van der Waals surface area contributed by atoms with Gasteiger partial charge in [-0.2, -0.15) is 0 Å². The first-order valence-electron chi connectivity index (χ1n) is 7.86. The van der Waals surface area contributed by atoms with Crippen LogP contribution >= 0.6 is 0 Å². The Morgan fingerprint density at radius 1 is 1.24 bits per heavy atom. The summed E-state index contributed by atoms with van der Waals surface area (Å²) in [4.78, 5) is 0. The predicted molar refractivity (Wildman–Crippen MR) is 83.6 cm³/mol. The van der Waals surface area contributed by atoms with E-state index in [-0.39, 0.29) is 0 Å². The topological polar surface area (TPSA) is 69.6 Å². The Morgan fingerprint density at radius 2 is 2.05 bits per heavy atom. The number of benzene rings is 1. The van der Waals surface area contributed by atoms with Crippen LogP contribution in [0.15, 0.2) is 18.2 Å². The number of aryl methyl sites for hydroxylation is 2. The molecule has 21 heavy (non-hydrogen) atoms. The summed E-state index contributed by atoms with van der Waals surface area (Å²) >= 11 is 0. The molecule has 1 aliphatic rings. The Kier molecular flexibility index (Phi) is 4.18. The molecule has 0 amide bonds. The van der Waals surface area contributed by atoms with Gasteiger partial charge in [-0.25, -0.2) is 4.68 Å². The number of tetrazole rings is 1. The van der Waals surface area contributed by atoms with Crippen molar-refractivity contribution in [2.24, 2.45) is 5.92 Å². The zero-order valence-electron chi connectivity index (χ0n) is 12.6. The van der Waals surface area contributed by atoms with E-state index in [1.165, 1.54) is 38.5 Å². The van der Waals surface area contributed by atoms with E-state index in [2.05, 4.69) is 15.5 Å². The van der Waals surface area contributed by atoms with Crippen LogP contribution in [0.2, 0.25) is 0 Å². The third kappa shape index (κ3) is 3.23. The first kappa shape index (κ1) is 14.0. The summed E-state index contributed by atoms with van der Waals surface area (Å²) in [5.41, 5.74) is 8.85. The summed E-state index contributed by atoms with van der Waals surface area (Å²) in [6.45, 7) is 2.89. The molecular formula is C16H23N5. The van der Waals surface area contributed by atoms with Crippen molar-refractivity contribution in [1.29, 1.82) is 0 Å². The number of rotatable bonds is 4. The van der Waals surface area contributed by atoms with Crippen LogP contribution in [0.1, 0.15) is 44.1 Å². The molecule has 0 spiro atoms. The van der Waals surface area contributed by atoms with Crippen molar-refractivity contribution in [3.63, 3.8) is 0 Å². The molecule has 1 heterocycles. The summed E-state index contributed by atoms with van der Waals surface area (Å²) < 4.78 is 1.92. The minimum absolute atomic E-state index is 0.786. The molecule has 1 aromatic heterocycles. The Bertz CT molecular complexity index is 598. The van der Waals surface area contributed by atoms with Gasteiger partial charge in [-0.15, -0.1) is 5.10 Å². The fourth-order valence-corrected chi connectivity index (χ4v) is 3.12. The molecule has 1 saturated carbocycles. The second-order valence-corrected chi connectivity index (χ2v) is 6.09. The molecule has 0 saturated heterocycles. The van der Waals surface area contributed by atoms with Crippen LogP contribution in [-0.2, 0) is 6.54 Å². The van der Waals surface area contributed by atoms with E-state index in [9.17, 15) is 0 Å². The molecule has 1 aliphatic carbocycles. The van der Waals surface area contributed by atoms with Crippen LogP contribution in [0.25, 0.3) is 11.4 Å². The van der Waals surface area contributed by atoms with Crippen LogP contribution in [0.5, 0.6) is 0 Å².